The van der Waals surface area contributed by atoms with Crippen molar-refractivity contribution < 1.29 is 13.2 Å². The molecule has 0 saturated carbocycles. The van der Waals surface area contributed by atoms with E-state index in [4.69, 9.17) is 0 Å². The average Bonchev–Trinajstić information content (AvgIpc) is 3.12. The van der Waals surface area contributed by atoms with Crippen LogP contribution in [0.1, 0.15) is 25.9 Å². The molecule has 0 fully saturated rings. The Labute approximate surface area is 161 Å². The quantitative estimate of drug-likeness (QED) is 0.660. The highest BCUT2D eigenvalue weighted by Crippen LogP contribution is 2.18. The molecule has 9 heteroatoms. The lowest BCUT2D eigenvalue weighted by atomic mass is 10.2. The molecular weight excluding hydrogens is 384 g/mol. The van der Waals surface area contributed by atoms with Crippen LogP contribution in [0, 0.1) is 13.8 Å². The third kappa shape index (κ3) is 4.76. The Bertz CT molecular complexity index is 1060. The van der Waals surface area contributed by atoms with Gasteiger partial charge < -0.3 is 5.32 Å². The van der Waals surface area contributed by atoms with E-state index in [0.29, 0.717) is 16.3 Å². The smallest absolute Gasteiger partial charge is 0.286 e. The summed E-state index contributed by atoms with van der Waals surface area (Å²) in [7, 11) is -3.68. The Morgan fingerprint density at radius 3 is 2.56 bits per heavy atom. The average molecular weight is 403 g/mol. The maximum Gasteiger partial charge on any atom is 0.286 e. The molecular formula is C18H18N4O3S2. The Morgan fingerprint density at radius 1 is 1.07 bits per heavy atom. The van der Waals surface area contributed by atoms with E-state index in [9.17, 15) is 13.2 Å². The van der Waals surface area contributed by atoms with Crippen LogP contribution in [-0.2, 0) is 16.6 Å². The van der Waals surface area contributed by atoms with E-state index in [0.717, 1.165) is 16.9 Å². The fraction of sp³-hybridized carbons (Fsp3) is 0.167. The number of carbonyl (C=O) groups is 1. The highest BCUT2D eigenvalue weighted by molar-refractivity contribution is 7.89. The van der Waals surface area contributed by atoms with Gasteiger partial charge in [-0.15, -0.1) is 10.2 Å². The highest BCUT2D eigenvalue weighted by Gasteiger charge is 2.19. The summed E-state index contributed by atoms with van der Waals surface area (Å²) in [5, 5.41) is 11.0. The summed E-state index contributed by atoms with van der Waals surface area (Å²) in [5.41, 5.74) is 2.17. The molecule has 0 aliphatic carbocycles. The lowest BCUT2D eigenvalue weighted by molar-refractivity contribution is 0.102. The summed E-state index contributed by atoms with van der Waals surface area (Å²) in [6.45, 7) is 3.54. The first-order chi connectivity index (χ1) is 12.8. The minimum Gasteiger partial charge on any atom is -0.320 e. The van der Waals surface area contributed by atoms with Crippen LogP contribution in [0.2, 0.25) is 0 Å². The second-order valence-corrected chi connectivity index (χ2v) is 8.71. The van der Waals surface area contributed by atoms with Crippen LogP contribution in [0.5, 0.6) is 0 Å². The number of aryl methyl sites for hydroxylation is 2. The summed E-state index contributed by atoms with van der Waals surface area (Å²) in [5.74, 6) is -0.387. The molecule has 0 aliphatic heterocycles. The molecule has 0 atom stereocenters. The largest absolute Gasteiger partial charge is 0.320 e. The number of nitrogens with zero attached hydrogens (tertiary/aromatic N) is 2. The molecule has 2 aromatic carbocycles. The molecule has 7 nitrogen and oxygen atoms in total. The number of anilines is 1. The molecule has 1 aromatic heterocycles. The molecule has 1 heterocycles. The zero-order chi connectivity index (χ0) is 19.4. The molecule has 3 aromatic rings. The Hall–Kier alpha value is -2.62. The Kier molecular flexibility index (Phi) is 5.64. The summed E-state index contributed by atoms with van der Waals surface area (Å²) < 4.78 is 27.6. The number of hydrogen-bond donors (Lipinski definition) is 2. The topological polar surface area (TPSA) is 101 Å². The SMILES string of the molecule is Cc1ccc(C)c(S(=O)(=O)NCc2nnc(C(=O)Nc3ccccc3)s2)c1. The number of para-hydroxylation sites is 1. The molecule has 0 spiro atoms. The van der Waals surface area contributed by atoms with Gasteiger partial charge in [-0.1, -0.05) is 41.7 Å². The molecule has 0 radical (unpaired) electrons. The van der Waals surface area contributed by atoms with Crippen LogP contribution in [0.15, 0.2) is 53.4 Å². The number of nitrogens with one attached hydrogen (secondary N) is 2. The zero-order valence-electron chi connectivity index (χ0n) is 14.8. The van der Waals surface area contributed by atoms with Gasteiger partial charge in [-0.3, -0.25) is 4.79 Å². The molecule has 2 N–H and O–H groups in total. The van der Waals surface area contributed by atoms with Gasteiger partial charge in [0.25, 0.3) is 5.91 Å². The van der Waals surface area contributed by atoms with Gasteiger partial charge in [0.1, 0.15) is 5.01 Å². The molecule has 27 heavy (non-hydrogen) atoms. The highest BCUT2D eigenvalue weighted by atomic mass is 32.2. The molecule has 1 amide bonds. The minimum absolute atomic E-state index is 0.0357. The summed E-state index contributed by atoms with van der Waals surface area (Å²) in [4.78, 5) is 12.4. The second-order valence-electron chi connectivity index (χ2n) is 5.91. The molecule has 0 aliphatic rings. The third-order valence-electron chi connectivity index (χ3n) is 3.74. The number of sulfonamides is 1. The van der Waals surface area contributed by atoms with Crippen molar-refractivity contribution >= 4 is 33.0 Å². The molecule has 3 rings (SSSR count). The van der Waals surface area contributed by atoms with Gasteiger partial charge in [-0.25, -0.2) is 13.1 Å². The predicted molar refractivity (Wildman–Crippen MR) is 104 cm³/mol. The van der Waals surface area contributed by atoms with Gasteiger partial charge >= 0.3 is 0 Å². The summed E-state index contributed by atoms with van der Waals surface area (Å²) in [6.07, 6.45) is 0. The van der Waals surface area contributed by atoms with Gasteiger partial charge in [-0.05, 0) is 43.2 Å². The van der Waals surface area contributed by atoms with E-state index >= 15 is 0 Å². The zero-order valence-corrected chi connectivity index (χ0v) is 16.4. The van der Waals surface area contributed by atoms with Crippen LogP contribution in [0.4, 0.5) is 5.69 Å². The first kappa shape index (κ1) is 19.2. The normalized spacial score (nSPS) is 11.3. The van der Waals surface area contributed by atoms with Gasteiger partial charge in [0, 0.05) is 5.69 Å². The standard InChI is InChI=1S/C18H18N4O3S2/c1-12-8-9-13(2)15(10-12)27(24,25)19-11-16-21-22-18(26-16)17(23)20-14-6-4-3-5-7-14/h3-10,19H,11H2,1-2H3,(H,20,23). The lowest BCUT2D eigenvalue weighted by Gasteiger charge is -2.09. The van der Waals surface area contributed by atoms with Crippen molar-refractivity contribution in [3.05, 3.63) is 69.7 Å². The van der Waals surface area contributed by atoms with E-state index < -0.39 is 10.0 Å². The van der Waals surface area contributed by atoms with Crippen molar-refractivity contribution in [3.63, 3.8) is 0 Å². The second kappa shape index (κ2) is 7.95. The maximum absolute atomic E-state index is 12.5. The number of hydrogen-bond acceptors (Lipinski definition) is 6. The van der Waals surface area contributed by atoms with E-state index in [1.807, 2.05) is 31.2 Å². The van der Waals surface area contributed by atoms with Crippen molar-refractivity contribution in [1.82, 2.24) is 14.9 Å². The fourth-order valence-corrected chi connectivity index (χ4v) is 4.44. The van der Waals surface area contributed by atoms with Crippen LogP contribution < -0.4 is 10.0 Å². The number of benzene rings is 2. The Balaban J connectivity index is 1.67. The van der Waals surface area contributed by atoms with E-state index in [-0.39, 0.29) is 22.4 Å². The first-order valence-electron chi connectivity index (χ1n) is 8.11. The number of amides is 1. The van der Waals surface area contributed by atoms with Crippen molar-refractivity contribution in [1.29, 1.82) is 0 Å². The van der Waals surface area contributed by atoms with E-state index in [2.05, 4.69) is 20.2 Å². The summed E-state index contributed by atoms with van der Waals surface area (Å²) in [6, 6.07) is 14.2. The Morgan fingerprint density at radius 2 is 1.81 bits per heavy atom. The van der Waals surface area contributed by atoms with Gasteiger partial charge in [0.05, 0.1) is 11.4 Å². The number of carbonyl (C=O) groups excluding carboxylic acids is 1. The van der Waals surface area contributed by atoms with Crippen LogP contribution in [-0.4, -0.2) is 24.5 Å². The lowest BCUT2D eigenvalue weighted by Crippen LogP contribution is -2.24. The van der Waals surface area contributed by atoms with Crippen molar-refractivity contribution in [2.24, 2.45) is 0 Å². The van der Waals surface area contributed by atoms with Gasteiger partial charge in [0.2, 0.25) is 15.0 Å². The molecule has 0 saturated heterocycles. The van der Waals surface area contributed by atoms with Gasteiger partial charge in [-0.2, -0.15) is 0 Å². The first-order valence-corrected chi connectivity index (χ1v) is 10.4. The van der Waals surface area contributed by atoms with Gasteiger partial charge in [0.15, 0.2) is 0 Å². The van der Waals surface area contributed by atoms with E-state index in [1.54, 1.807) is 31.2 Å². The monoisotopic (exact) mass is 402 g/mol. The fourth-order valence-electron chi connectivity index (χ4n) is 2.35. The number of aromatic nitrogens is 2. The number of rotatable bonds is 6. The maximum atomic E-state index is 12.5. The molecule has 0 unspecified atom stereocenters. The van der Waals surface area contributed by atoms with Crippen molar-refractivity contribution in [2.45, 2.75) is 25.3 Å². The third-order valence-corrected chi connectivity index (χ3v) is 6.20. The summed E-state index contributed by atoms with van der Waals surface area (Å²) >= 11 is 1.04. The predicted octanol–water partition coefficient (Wildman–Crippen LogP) is 2.89. The van der Waals surface area contributed by atoms with Crippen LogP contribution in [0.25, 0.3) is 0 Å². The van der Waals surface area contributed by atoms with Crippen molar-refractivity contribution in [2.75, 3.05) is 5.32 Å². The van der Waals surface area contributed by atoms with Crippen LogP contribution in [0.3, 0.4) is 0 Å². The van der Waals surface area contributed by atoms with Crippen molar-refractivity contribution in [3.8, 4) is 0 Å². The molecule has 140 valence electrons. The minimum atomic E-state index is -3.68. The van der Waals surface area contributed by atoms with E-state index in [1.165, 1.54) is 0 Å². The van der Waals surface area contributed by atoms with Crippen LogP contribution >= 0.6 is 11.3 Å². The molecule has 0 bridgehead atoms.